The maximum Gasteiger partial charge on any atom is 0.0543 e. The van der Waals surface area contributed by atoms with Crippen molar-refractivity contribution in [3.05, 3.63) is 35.4 Å². The zero-order valence-corrected chi connectivity index (χ0v) is 10.6. The highest BCUT2D eigenvalue weighted by molar-refractivity contribution is 5.25. The smallest absolute Gasteiger partial charge is 0.0543 e. The molecule has 0 bridgehead atoms. The molecule has 1 aromatic carbocycles. The predicted octanol–water partition coefficient (Wildman–Crippen LogP) is 2.72. The maximum absolute atomic E-state index is 5.29. The molecule has 0 aliphatic heterocycles. The molecule has 0 fully saturated rings. The van der Waals surface area contributed by atoms with E-state index in [1.165, 1.54) is 17.5 Å². The normalized spacial score (nSPS) is 12.7. The van der Waals surface area contributed by atoms with E-state index in [9.17, 15) is 0 Å². The molecule has 0 saturated heterocycles. The summed E-state index contributed by atoms with van der Waals surface area (Å²) in [4.78, 5) is 0. The van der Waals surface area contributed by atoms with Gasteiger partial charge in [0, 0.05) is 19.6 Å². The van der Waals surface area contributed by atoms with Crippen LogP contribution in [0.1, 0.15) is 30.4 Å². The van der Waals surface area contributed by atoms with Crippen LogP contribution in [0.5, 0.6) is 0 Å². The van der Waals surface area contributed by atoms with Crippen molar-refractivity contribution in [1.29, 1.82) is 0 Å². The zero-order valence-electron chi connectivity index (χ0n) is 10.6. The van der Waals surface area contributed by atoms with Gasteiger partial charge in [-0.3, -0.25) is 0 Å². The van der Waals surface area contributed by atoms with Crippen molar-refractivity contribution < 1.29 is 4.74 Å². The van der Waals surface area contributed by atoms with E-state index in [1.54, 1.807) is 7.11 Å². The maximum atomic E-state index is 5.29. The number of ether oxygens (including phenoxy) is 1. The molecule has 0 aromatic heterocycles. The lowest BCUT2D eigenvalue weighted by molar-refractivity contribution is 0.178. The minimum Gasteiger partial charge on any atom is -0.384 e. The van der Waals surface area contributed by atoms with Crippen molar-refractivity contribution in [3.8, 4) is 0 Å². The predicted molar refractivity (Wildman–Crippen MR) is 69.0 cm³/mol. The number of benzene rings is 1. The Morgan fingerprint density at radius 3 is 2.81 bits per heavy atom. The summed E-state index contributed by atoms with van der Waals surface area (Å²) in [5.41, 5.74) is 2.68. The lowest BCUT2D eigenvalue weighted by Gasteiger charge is -2.17. The van der Waals surface area contributed by atoms with Gasteiger partial charge in [-0.25, -0.2) is 0 Å². The van der Waals surface area contributed by atoms with Gasteiger partial charge in [0.05, 0.1) is 6.61 Å². The van der Waals surface area contributed by atoms with Crippen LogP contribution in [0.15, 0.2) is 24.3 Å². The Kier molecular flexibility index (Phi) is 6.12. The first kappa shape index (κ1) is 13.2. The Bertz CT molecular complexity index is 299. The van der Waals surface area contributed by atoms with Gasteiger partial charge in [0.2, 0.25) is 0 Å². The fourth-order valence-electron chi connectivity index (χ4n) is 1.85. The molecule has 2 nitrogen and oxygen atoms in total. The Labute approximate surface area is 99.0 Å². The second-order valence-corrected chi connectivity index (χ2v) is 4.27. The summed E-state index contributed by atoms with van der Waals surface area (Å²) >= 11 is 0. The number of methoxy groups -OCH3 is 1. The highest BCUT2D eigenvalue weighted by atomic mass is 16.5. The summed E-state index contributed by atoms with van der Waals surface area (Å²) in [6.45, 7) is 7.16. The molecular formula is C14H23NO. The second kappa shape index (κ2) is 7.42. The van der Waals surface area contributed by atoms with Crippen molar-refractivity contribution >= 4 is 0 Å². The minimum atomic E-state index is 0.455. The number of aryl methyl sites for hydroxylation is 1. The van der Waals surface area contributed by atoms with Gasteiger partial charge >= 0.3 is 0 Å². The van der Waals surface area contributed by atoms with Crippen LogP contribution in [-0.4, -0.2) is 26.8 Å². The molecular weight excluding hydrogens is 198 g/mol. The largest absolute Gasteiger partial charge is 0.384 e. The van der Waals surface area contributed by atoms with E-state index in [0.29, 0.717) is 5.92 Å². The molecule has 16 heavy (non-hydrogen) atoms. The number of hydrogen-bond acceptors (Lipinski definition) is 2. The SMILES string of the molecule is CCCNCC(COC)c1cccc(C)c1. The third-order valence-corrected chi connectivity index (χ3v) is 2.70. The van der Waals surface area contributed by atoms with E-state index in [0.717, 1.165) is 19.7 Å². The molecule has 0 saturated carbocycles. The topological polar surface area (TPSA) is 21.3 Å². The molecule has 1 atom stereocenters. The van der Waals surface area contributed by atoms with Crippen LogP contribution in [0, 0.1) is 6.92 Å². The summed E-state index contributed by atoms with van der Waals surface area (Å²) in [6, 6.07) is 8.68. The van der Waals surface area contributed by atoms with Gasteiger partial charge < -0.3 is 10.1 Å². The first-order valence-electron chi connectivity index (χ1n) is 6.04. The molecule has 1 N–H and O–H groups in total. The summed E-state index contributed by atoms with van der Waals surface area (Å²) in [7, 11) is 1.77. The number of nitrogens with one attached hydrogen (secondary N) is 1. The molecule has 0 heterocycles. The standard InChI is InChI=1S/C14H23NO/c1-4-8-15-10-14(11-16-3)13-7-5-6-12(2)9-13/h5-7,9,14-15H,4,8,10-11H2,1-3H3. The van der Waals surface area contributed by atoms with Gasteiger partial charge in [-0.15, -0.1) is 0 Å². The quantitative estimate of drug-likeness (QED) is 0.715. The highest BCUT2D eigenvalue weighted by Crippen LogP contribution is 2.16. The molecule has 1 unspecified atom stereocenters. The van der Waals surface area contributed by atoms with Crippen molar-refractivity contribution in [3.63, 3.8) is 0 Å². The lowest BCUT2D eigenvalue weighted by atomic mass is 9.98. The Hall–Kier alpha value is -0.860. The van der Waals surface area contributed by atoms with E-state index in [4.69, 9.17) is 4.74 Å². The molecule has 1 aromatic rings. The first-order valence-corrected chi connectivity index (χ1v) is 6.04. The Balaban J connectivity index is 2.61. The third-order valence-electron chi connectivity index (χ3n) is 2.70. The number of hydrogen-bond donors (Lipinski definition) is 1. The van der Waals surface area contributed by atoms with Gasteiger partial charge in [-0.05, 0) is 25.5 Å². The second-order valence-electron chi connectivity index (χ2n) is 4.27. The van der Waals surface area contributed by atoms with Crippen LogP contribution in [-0.2, 0) is 4.74 Å². The van der Waals surface area contributed by atoms with Crippen LogP contribution in [0.4, 0.5) is 0 Å². The molecule has 0 aliphatic carbocycles. The van der Waals surface area contributed by atoms with Gasteiger partial charge in [0.25, 0.3) is 0 Å². The summed E-state index contributed by atoms with van der Waals surface area (Å²) in [6.07, 6.45) is 1.17. The Morgan fingerprint density at radius 1 is 1.38 bits per heavy atom. The summed E-state index contributed by atoms with van der Waals surface area (Å²) in [5, 5.41) is 3.46. The molecule has 0 amide bonds. The fraction of sp³-hybridized carbons (Fsp3) is 0.571. The average molecular weight is 221 g/mol. The van der Waals surface area contributed by atoms with Crippen LogP contribution in [0.2, 0.25) is 0 Å². The van der Waals surface area contributed by atoms with Crippen LogP contribution >= 0.6 is 0 Å². The van der Waals surface area contributed by atoms with Gasteiger partial charge in [-0.1, -0.05) is 36.8 Å². The zero-order chi connectivity index (χ0) is 11.8. The van der Waals surface area contributed by atoms with E-state index in [2.05, 4.69) is 43.4 Å². The minimum absolute atomic E-state index is 0.455. The van der Waals surface area contributed by atoms with Crippen molar-refractivity contribution in [2.24, 2.45) is 0 Å². The van der Waals surface area contributed by atoms with E-state index >= 15 is 0 Å². The van der Waals surface area contributed by atoms with E-state index in [-0.39, 0.29) is 0 Å². The molecule has 0 radical (unpaired) electrons. The van der Waals surface area contributed by atoms with Crippen LogP contribution in [0.3, 0.4) is 0 Å². The van der Waals surface area contributed by atoms with Gasteiger partial charge in [-0.2, -0.15) is 0 Å². The van der Waals surface area contributed by atoms with Crippen molar-refractivity contribution in [2.75, 3.05) is 26.8 Å². The monoisotopic (exact) mass is 221 g/mol. The van der Waals surface area contributed by atoms with Gasteiger partial charge in [0.15, 0.2) is 0 Å². The summed E-state index contributed by atoms with van der Waals surface area (Å²) in [5.74, 6) is 0.455. The van der Waals surface area contributed by atoms with E-state index in [1.807, 2.05) is 0 Å². The molecule has 0 spiro atoms. The third kappa shape index (κ3) is 4.33. The van der Waals surface area contributed by atoms with E-state index < -0.39 is 0 Å². The average Bonchev–Trinajstić information content (AvgIpc) is 2.28. The first-order chi connectivity index (χ1) is 7.77. The molecule has 0 aliphatic rings. The lowest BCUT2D eigenvalue weighted by Crippen LogP contribution is -2.25. The summed E-state index contributed by atoms with van der Waals surface area (Å²) < 4.78 is 5.29. The number of rotatable bonds is 7. The van der Waals surface area contributed by atoms with Crippen molar-refractivity contribution in [2.45, 2.75) is 26.2 Å². The highest BCUT2D eigenvalue weighted by Gasteiger charge is 2.10. The fourth-order valence-corrected chi connectivity index (χ4v) is 1.85. The van der Waals surface area contributed by atoms with Crippen molar-refractivity contribution in [1.82, 2.24) is 5.32 Å². The van der Waals surface area contributed by atoms with Crippen LogP contribution < -0.4 is 5.32 Å². The molecule has 1 rings (SSSR count). The molecule has 2 heteroatoms. The molecule has 90 valence electrons. The Morgan fingerprint density at radius 2 is 2.19 bits per heavy atom. The van der Waals surface area contributed by atoms with Gasteiger partial charge in [0.1, 0.15) is 0 Å². The van der Waals surface area contributed by atoms with Crippen LogP contribution in [0.25, 0.3) is 0 Å².